The molecule has 2 aromatic rings. The van der Waals surface area contributed by atoms with Crippen LogP contribution in [0.1, 0.15) is 31.2 Å². The summed E-state index contributed by atoms with van der Waals surface area (Å²) in [4.78, 5) is 22.6. The predicted octanol–water partition coefficient (Wildman–Crippen LogP) is 2.92. The number of aromatic nitrogens is 2. The Kier molecular flexibility index (Phi) is 9.54. The first-order valence-electron chi connectivity index (χ1n) is 10.1. The zero-order chi connectivity index (χ0) is 20.6. The highest BCUT2D eigenvalue weighted by atomic mass is 127. The number of esters is 1. The van der Waals surface area contributed by atoms with Gasteiger partial charge in [0, 0.05) is 38.7 Å². The van der Waals surface area contributed by atoms with Crippen molar-refractivity contribution in [1.29, 1.82) is 0 Å². The van der Waals surface area contributed by atoms with E-state index in [0.29, 0.717) is 5.89 Å². The summed E-state index contributed by atoms with van der Waals surface area (Å²) in [5.74, 6) is 2.04. The Labute approximate surface area is 194 Å². The van der Waals surface area contributed by atoms with E-state index >= 15 is 0 Å². The van der Waals surface area contributed by atoms with Crippen LogP contribution in [0.15, 0.2) is 33.8 Å². The molecule has 9 heteroatoms. The van der Waals surface area contributed by atoms with Crippen LogP contribution in [0.25, 0.3) is 11.5 Å². The quantitative estimate of drug-likeness (QED) is 0.267. The molecule has 0 unspecified atom stereocenters. The molecule has 30 heavy (non-hydrogen) atoms. The Hall–Kier alpha value is -2.17. The van der Waals surface area contributed by atoms with Crippen molar-refractivity contribution < 1.29 is 14.1 Å². The molecule has 1 N–H and O–H groups in total. The molecule has 164 valence electrons. The smallest absolute Gasteiger partial charge is 0.308 e. The van der Waals surface area contributed by atoms with Gasteiger partial charge in [-0.15, -0.1) is 24.0 Å². The molecule has 2 heterocycles. The maximum absolute atomic E-state index is 11.7. The number of hydrogen-bond donors (Lipinski definition) is 1. The summed E-state index contributed by atoms with van der Waals surface area (Å²) in [5.41, 5.74) is 2.15. The molecule has 0 bridgehead atoms. The summed E-state index contributed by atoms with van der Waals surface area (Å²) in [6.45, 7) is 4.39. The van der Waals surface area contributed by atoms with Crippen LogP contribution in [-0.2, 0) is 22.4 Å². The number of nitrogens with one attached hydrogen (secondary N) is 1. The molecule has 0 radical (unpaired) electrons. The van der Waals surface area contributed by atoms with Crippen molar-refractivity contribution in [2.45, 2.75) is 32.6 Å². The summed E-state index contributed by atoms with van der Waals surface area (Å²) in [5, 5.41) is 7.36. The van der Waals surface area contributed by atoms with E-state index in [2.05, 4.69) is 37.5 Å². The number of likely N-dealkylation sites (tertiary alicyclic amines) is 1. The lowest BCUT2D eigenvalue weighted by Gasteiger charge is -2.33. The first kappa shape index (κ1) is 24.1. The van der Waals surface area contributed by atoms with Crippen LogP contribution in [0.2, 0.25) is 0 Å². The summed E-state index contributed by atoms with van der Waals surface area (Å²) in [6.07, 6.45) is 3.23. The Morgan fingerprint density at radius 1 is 1.30 bits per heavy atom. The van der Waals surface area contributed by atoms with E-state index in [1.165, 1.54) is 12.7 Å². The van der Waals surface area contributed by atoms with Crippen LogP contribution in [0.5, 0.6) is 0 Å². The van der Waals surface area contributed by atoms with Crippen molar-refractivity contribution in [2.75, 3.05) is 33.8 Å². The summed E-state index contributed by atoms with van der Waals surface area (Å²) >= 11 is 0. The molecule has 0 aliphatic carbocycles. The van der Waals surface area contributed by atoms with Crippen LogP contribution in [0.3, 0.4) is 0 Å². The standard InChI is InChI=1S/C21H29N5O3.HI/c1-4-18-24-19(29-25-18)16-7-5-15(6-8-16)9-12-23-21(22-2)26-13-10-17(11-14-26)20(27)28-3;/h5-8,17H,4,9-14H2,1-3H3,(H,22,23);1H. The first-order chi connectivity index (χ1) is 14.1. The minimum absolute atomic E-state index is 0. The van der Waals surface area contributed by atoms with Crippen LogP contribution in [0.4, 0.5) is 0 Å². The lowest BCUT2D eigenvalue weighted by atomic mass is 9.97. The lowest BCUT2D eigenvalue weighted by Crippen LogP contribution is -2.47. The number of carbonyl (C=O) groups excluding carboxylic acids is 1. The van der Waals surface area contributed by atoms with E-state index in [1.807, 2.05) is 19.1 Å². The van der Waals surface area contributed by atoms with Gasteiger partial charge in [0.05, 0.1) is 13.0 Å². The highest BCUT2D eigenvalue weighted by Gasteiger charge is 2.26. The molecule has 1 aromatic heterocycles. The van der Waals surface area contributed by atoms with E-state index in [9.17, 15) is 4.79 Å². The molecule has 1 fully saturated rings. The van der Waals surface area contributed by atoms with Crippen LogP contribution >= 0.6 is 24.0 Å². The van der Waals surface area contributed by atoms with Crippen LogP contribution in [-0.4, -0.2) is 60.8 Å². The molecule has 1 aliphatic rings. The van der Waals surface area contributed by atoms with Gasteiger partial charge >= 0.3 is 5.97 Å². The number of nitrogens with zero attached hydrogens (tertiary/aromatic N) is 4. The molecule has 1 saturated heterocycles. The van der Waals surface area contributed by atoms with E-state index in [0.717, 1.165) is 62.7 Å². The van der Waals surface area contributed by atoms with Gasteiger partial charge in [0.2, 0.25) is 0 Å². The van der Waals surface area contributed by atoms with Crippen molar-refractivity contribution in [1.82, 2.24) is 20.4 Å². The number of methoxy groups -OCH3 is 1. The normalized spacial score (nSPS) is 14.9. The van der Waals surface area contributed by atoms with Gasteiger partial charge in [-0.3, -0.25) is 9.79 Å². The highest BCUT2D eigenvalue weighted by Crippen LogP contribution is 2.19. The predicted molar refractivity (Wildman–Crippen MR) is 126 cm³/mol. The van der Waals surface area contributed by atoms with Crippen molar-refractivity contribution in [2.24, 2.45) is 10.9 Å². The highest BCUT2D eigenvalue weighted by molar-refractivity contribution is 14.0. The molecule has 0 saturated carbocycles. The Morgan fingerprint density at radius 3 is 2.57 bits per heavy atom. The monoisotopic (exact) mass is 527 g/mol. The minimum Gasteiger partial charge on any atom is -0.469 e. The van der Waals surface area contributed by atoms with Gasteiger partial charge in [0.1, 0.15) is 0 Å². The fourth-order valence-electron chi connectivity index (χ4n) is 3.47. The van der Waals surface area contributed by atoms with E-state index < -0.39 is 0 Å². The molecule has 8 nitrogen and oxygen atoms in total. The number of aliphatic imine (C=N–C) groups is 1. The first-order valence-corrected chi connectivity index (χ1v) is 10.1. The second-order valence-corrected chi connectivity index (χ2v) is 7.07. The van der Waals surface area contributed by atoms with Crippen LogP contribution < -0.4 is 5.32 Å². The Morgan fingerprint density at radius 2 is 2.00 bits per heavy atom. The summed E-state index contributed by atoms with van der Waals surface area (Å²) in [6, 6.07) is 8.18. The molecule has 1 aliphatic heterocycles. The number of hydrogen-bond acceptors (Lipinski definition) is 6. The van der Waals surface area contributed by atoms with Crippen molar-refractivity contribution in [3.8, 4) is 11.5 Å². The number of aryl methyl sites for hydroxylation is 1. The summed E-state index contributed by atoms with van der Waals surface area (Å²) < 4.78 is 10.1. The number of rotatable bonds is 6. The topological polar surface area (TPSA) is 92.9 Å². The van der Waals surface area contributed by atoms with Crippen LogP contribution in [0, 0.1) is 5.92 Å². The van der Waals surface area contributed by atoms with Gasteiger partial charge in [0.15, 0.2) is 11.8 Å². The molecule has 1 aromatic carbocycles. The molecule has 3 rings (SSSR count). The van der Waals surface area contributed by atoms with E-state index in [4.69, 9.17) is 9.26 Å². The van der Waals surface area contributed by atoms with Gasteiger partial charge in [0.25, 0.3) is 5.89 Å². The fraction of sp³-hybridized carbons (Fsp3) is 0.524. The maximum Gasteiger partial charge on any atom is 0.308 e. The third-order valence-corrected chi connectivity index (χ3v) is 5.22. The number of benzene rings is 1. The molecule has 0 spiro atoms. The van der Waals surface area contributed by atoms with Gasteiger partial charge < -0.3 is 19.5 Å². The van der Waals surface area contributed by atoms with Crippen molar-refractivity contribution in [3.05, 3.63) is 35.7 Å². The second-order valence-electron chi connectivity index (χ2n) is 7.07. The number of ether oxygens (including phenoxy) is 1. The fourth-order valence-corrected chi connectivity index (χ4v) is 3.47. The third kappa shape index (κ3) is 6.16. The maximum atomic E-state index is 11.7. The largest absolute Gasteiger partial charge is 0.469 e. The molecule has 0 atom stereocenters. The number of halogens is 1. The minimum atomic E-state index is -0.109. The number of piperidine rings is 1. The van der Waals surface area contributed by atoms with E-state index in [1.54, 1.807) is 7.05 Å². The summed E-state index contributed by atoms with van der Waals surface area (Å²) in [7, 11) is 3.24. The zero-order valence-electron chi connectivity index (χ0n) is 17.8. The molecular formula is C21H30IN5O3. The van der Waals surface area contributed by atoms with Crippen molar-refractivity contribution >= 4 is 35.9 Å². The Balaban J connectivity index is 0.00000320. The van der Waals surface area contributed by atoms with Crippen molar-refractivity contribution in [3.63, 3.8) is 0 Å². The van der Waals surface area contributed by atoms with Gasteiger partial charge in [-0.1, -0.05) is 24.2 Å². The Bertz CT molecular complexity index is 829. The van der Waals surface area contributed by atoms with Gasteiger partial charge in [-0.05, 0) is 37.0 Å². The zero-order valence-corrected chi connectivity index (χ0v) is 20.1. The van der Waals surface area contributed by atoms with Gasteiger partial charge in [-0.25, -0.2) is 0 Å². The lowest BCUT2D eigenvalue weighted by molar-refractivity contribution is -0.146. The molecule has 0 amide bonds. The van der Waals surface area contributed by atoms with E-state index in [-0.39, 0.29) is 35.9 Å². The number of carbonyl (C=O) groups is 1. The third-order valence-electron chi connectivity index (χ3n) is 5.22. The SMILES string of the molecule is CCc1noc(-c2ccc(CCNC(=NC)N3CCC(C(=O)OC)CC3)cc2)n1.I. The second kappa shape index (κ2) is 11.9. The average Bonchev–Trinajstić information content (AvgIpc) is 3.26. The average molecular weight is 527 g/mol. The van der Waals surface area contributed by atoms with Gasteiger partial charge in [-0.2, -0.15) is 4.98 Å². The number of guanidine groups is 1. The molecular weight excluding hydrogens is 497 g/mol.